The van der Waals surface area contributed by atoms with Crippen molar-refractivity contribution in [1.82, 2.24) is 0 Å². The van der Waals surface area contributed by atoms with Gasteiger partial charge in [0.25, 0.3) is 0 Å². The van der Waals surface area contributed by atoms with Crippen molar-refractivity contribution >= 4 is 0 Å². The van der Waals surface area contributed by atoms with Crippen molar-refractivity contribution in [2.75, 3.05) is 27.4 Å². The van der Waals surface area contributed by atoms with Crippen LogP contribution in [0.3, 0.4) is 0 Å². The molecule has 3 aromatic carbocycles. The summed E-state index contributed by atoms with van der Waals surface area (Å²) in [6.07, 6.45) is 4.29. The summed E-state index contributed by atoms with van der Waals surface area (Å²) in [6, 6.07) is 20.6. The van der Waals surface area contributed by atoms with Crippen LogP contribution in [-0.4, -0.2) is 27.4 Å². The minimum atomic E-state index is 0.659. The van der Waals surface area contributed by atoms with E-state index in [1.807, 2.05) is 24.3 Å². The highest BCUT2D eigenvalue weighted by molar-refractivity contribution is 5.76. The van der Waals surface area contributed by atoms with Gasteiger partial charge in [0, 0.05) is 11.6 Å². The molecule has 0 bridgehead atoms. The fourth-order valence-electron chi connectivity index (χ4n) is 3.45. The molecule has 170 valence electrons. The lowest BCUT2D eigenvalue weighted by Gasteiger charge is -2.16. The van der Waals surface area contributed by atoms with Gasteiger partial charge >= 0.3 is 0 Å². The van der Waals surface area contributed by atoms with Gasteiger partial charge in [-0.2, -0.15) is 0 Å². The number of unbranched alkanes of at least 4 members (excludes halogenated alkanes) is 2. The molecule has 0 radical (unpaired) electrons. The molecule has 0 unspecified atom stereocenters. The molecule has 0 saturated carbocycles. The molecule has 0 saturated heterocycles. The van der Waals surface area contributed by atoms with Crippen LogP contribution >= 0.6 is 0 Å². The Balaban J connectivity index is 1.80. The second kappa shape index (κ2) is 12.0. The second-order valence-electron chi connectivity index (χ2n) is 7.71. The van der Waals surface area contributed by atoms with Gasteiger partial charge in [-0.3, -0.25) is 0 Å². The molecule has 32 heavy (non-hydrogen) atoms. The maximum atomic E-state index is 5.90. The number of hydrogen-bond donors (Lipinski definition) is 0. The second-order valence-corrected chi connectivity index (χ2v) is 7.71. The third-order valence-electron chi connectivity index (χ3n) is 5.39. The lowest BCUT2D eigenvalue weighted by molar-refractivity contribution is 0.286. The molecule has 0 aromatic heterocycles. The zero-order chi connectivity index (χ0) is 22.8. The maximum Gasteiger partial charge on any atom is 0.164 e. The van der Waals surface area contributed by atoms with Gasteiger partial charge in [0.1, 0.15) is 11.5 Å². The molecule has 4 heteroatoms. The average molecular weight is 435 g/mol. The number of benzene rings is 3. The molecular formula is C28H34O4. The molecule has 3 aromatic rings. The van der Waals surface area contributed by atoms with Crippen LogP contribution in [0.5, 0.6) is 23.0 Å². The first-order valence-electron chi connectivity index (χ1n) is 11.4. The normalized spacial score (nSPS) is 10.6. The molecule has 3 rings (SSSR count). The van der Waals surface area contributed by atoms with Gasteiger partial charge < -0.3 is 18.9 Å². The number of hydrogen-bond acceptors (Lipinski definition) is 4. The van der Waals surface area contributed by atoms with Crippen LogP contribution in [0.2, 0.25) is 0 Å². The van der Waals surface area contributed by atoms with Crippen molar-refractivity contribution in [2.45, 2.75) is 39.5 Å². The van der Waals surface area contributed by atoms with E-state index in [9.17, 15) is 0 Å². The van der Waals surface area contributed by atoms with Gasteiger partial charge in [-0.1, -0.05) is 63.1 Å². The lowest BCUT2D eigenvalue weighted by atomic mass is 9.99. The first-order valence-corrected chi connectivity index (χ1v) is 11.4. The molecule has 0 spiro atoms. The Labute approximate surface area is 192 Å². The van der Waals surface area contributed by atoms with Crippen LogP contribution < -0.4 is 18.9 Å². The maximum absolute atomic E-state index is 5.90. The Morgan fingerprint density at radius 2 is 1.09 bits per heavy atom. The summed E-state index contributed by atoms with van der Waals surface area (Å²) in [5.41, 5.74) is 4.34. The fourth-order valence-corrected chi connectivity index (χ4v) is 3.45. The molecule has 0 atom stereocenters. The van der Waals surface area contributed by atoms with E-state index < -0.39 is 0 Å². The van der Waals surface area contributed by atoms with Crippen LogP contribution in [0.15, 0.2) is 60.7 Å². The van der Waals surface area contributed by atoms with E-state index >= 15 is 0 Å². The predicted octanol–water partition coefficient (Wildman–Crippen LogP) is 7.40. The van der Waals surface area contributed by atoms with Crippen LogP contribution in [0.25, 0.3) is 22.3 Å². The highest BCUT2D eigenvalue weighted by atomic mass is 16.5. The minimum absolute atomic E-state index is 0.659. The third kappa shape index (κ3) is 5.97. The predicted molar refractivity (Wildman–Crippen MR) is 131 cm³/mol. The summed E-state index contributed by atoms with van der Waals surface area (Å²) in [4.78, 5) is 0. The first-order chi connectivity index (χ1) is 15.7. The summed E-state index contributed by atoms with van der Waals surface area (Å²) in [5.74, 6) is 3.09. The Kier molecular flexibility index (Phi) is 8.85. The summed E-state index contributed by atoms with van der Waals surface area (Å²) in [7, 11) is 3.34. The zero-order valence-corrected chi connectivity index (χ0v) is 19.6. The van der Waals surface area contributed by atoms with E-state index in [2.05, 4.69) is 50.2 Å². The molecule has 0 aliphatic heterocycles. The molecule has 0 aliphatic rings. The Hall–Kier alpha value is -3.14. The van der Waals surface area contributed by atoms with Gasteiger partial charge in [0.2, 0.25) is 0 Å². The van der Waals surface area contributed by atoms with Crippen molar-refractivity contribution in [1.29, 1.82) is 0 Å². The quantitative estimate of drug-likeness (QED) is 0.278. The number of methoxy groups -OCH3 is 2. The van der Waals surface area contributed by atoms with Crippen LogP contribution in [0, 0.1) is 0 Å². The zero-order valence-electron chi connectivity index (χ0n) is 19.6. The van der Waals surface area contributed by atoms with Crippen molar-refractivity contribution in [3.8, 4) is 45.3 Å². The van der Waals surface area contributed by atoms with E-state index in [1.165, 1.54) is 0 Å². The lowest BCUT2D eigenvalue weighted by Crippen LogP contribution is -2.00. The Morgan fingerprint density at radius 1 is 0.562 bits per heavy atom. The topological polar surface area (TPSA) is 36.9 Å². The van der Waals surface area contributed by atoms with Gasteiger partial charge in [-0.15, -0.1) is 0 Å². The molecule has 0 heterocycles. The molecule has 0 amide bonds. The molecule has 0 aliphatic carbocycles. The molecule has 0 N–H and O–H groups in total. The fraction of sp³-hybridized carbons (Fsp3) is 0.357. The third-order valence-corrected chi connectivity index (χ3v) is 5.39. The largest absolute Gasteiger partial charge is 0.496 e. The van der Waals surface area contributed by atoms with Gasteiger partial charge in [-0.25, -0.2) is 0 Å². The smallest absolute Gasteiger partial charge is 0.164 e. The van der Waals surface area contributed by atoms with Crippen molar-refractivity contribution in [3.63, 3.8) is 0 Å². The highest BCUT2D eigenvalue weighted by Crippen LogP contribution is 2.40. The van der Waals surface area contributed by atoms with E-state index in [-0.39, 0.29) is 0 Å². The summed E-state index contributed by atoms with van der Waals surface area (Å²) < 4.78 is 22.9. The minimum Gasteiger partial charge on any atom is -0.496 e. The first kappa shape index (κ1) is 23.5. The van der Waals surface area contributed by atoms with Crippen molar-refractivity contribution < 1.29 is 18.9 Å². The van der Waals surface area contributed by atoms with Gasteiger partial charge in [0.05, 0.1) is 27.4 Å². The molecule has 4 nitrogen and oxygen atoms in total. The number of rotatable bonds is 12. The SMILES string of the molecule is CCCCOc1ccc(-c2ccc(-c3cc(OC)c(OCCCC)cc3OC)cc2)cc1. The molecular weight excluding hydrogens is 400 g/mol. The van der Waals surface area contributed by atoms with Crippen LogP contribution in [0.1, 0.15) is 39.5 Å². The van der Waals surface area contributed by atoms with E-state index in [4.69, 9.17) is 18.9 Å². The van der Waals surface area contributed by atoms with Gasteiger partial charge in [0.15, 0.2) is 11.5 Å². The monoisotopic (exact) mass is 434 g/mol. The summed E-state index contributed by atoms with van der Waals surface area (Å²) >= 11 is 0. The van der Waals surface area contributed by atoms with Crippen molar-refractivity contribution in [2.24, 2.45) is 0 Å². The Morgan fingerprint density at radius 3 is 1.66 bits per heavy atom. The van der Waals surface area contributed by atoms with E-state index in [0.29, 0.717) is 18.1 Å². The van der Waals surface area contributed by atoms with Gasteiger partial charge in [-0.05, 0) is 47.7 Å². The average Bonchev–Trinajstić information content (AvgIpc) is 2.84. The Bertz CT molecular complexity index is 962. The molecule has 0 fully saturated rings. The van der Waals surface area contributed by atoms with Crippen molar-refractivity contribution in [3.05, 3.63) is 60.7 Å². The van der Waals surface area contributed by atoms with Crippen LogP contribution in [0.4, 0.5) is 0 Å². The number of ether oxygens (including phenoxy) is 4. The standard InChI is InChI=1S/C28H34O4/c1-5-7-17-31-24-15-13-22(14-16-24)21-9-11-23(12-10-21)25-19-27(30-4)28(20-26(25)29-3)32-18-8-6-2/h9-16,19-20H,5-8,17-18H2,1-4H3. The highest BCUT2D eigenvalue weighted by Gasteiger charge is 2.14. The summed E-state index contributed by atoms with van der Waals surface area (Å²) in [5, 5.41) is 0. The summed E-state index contributed by atoms with van der Waals surface area (Å²) in [6.45, 7) is 5.73. The van der Waals surface area contributed by atoms with E-state index in [0.717, 1.165) is 66.0 Å². The van der Waals surface area contributed by atoms with E-state index in [1.54, 1.807) is 14.2 Å². The van der Waals surface area contributed by atoms with Crippen LogP contribution in [-0.2, 0) is 0 Å².